The van der Waals surface area contributed by atoms with Gasteiger partial charge in [0.15, 0.2) is 0 Å². The minimum absolute atomic E-state index is 0.0320. The Labute approximate surface area is 216 Å². The number of likely N-dealkylation sites (tertiary alicyclic amines) is 1. The predicted molar refractivity (Wildman–Crippen MR) is 146 cm³/mol. The van der Waals surface area contributed by atoms with Gasteiger partial charge in [0, 0.05) is 18.1 Å². The first-order valence-electron chi connectivity index (χ1n) is 14.5. The van der Waals surface area contributed by atoms with Crippen LogP contribution in [0, 0.1) is 0 Å². The molecule has 1 saturated carbocycles. The van der Waals surface area contributed by atoms with E-state index in [2.05, 4.69) is 16.8 Å². The number of benzene rings is 1. The van der Waals surface area contributed by atoms with Crippen molar-refractivity contribution in [2.45, 2.75) is 122 Å². The molecule has 1 aliphatic heterocycles. The lowest BCUT2D eigenvalue weighted by molar-refractivity contribution is 0.0516. The quantitative estimate of drug-likeness (QED) is 0.419. The molecule has 1 aliphatic carbocycles. The Morgan fingerprint density at radius 3 is 2.28 bits per heavy atom. The monoisotopic (exact) mass is 495 g/mol. The molecule has 4 rings (SSSR count). The maximum absolute atomic E-state index is 13.5. The standard InChI is InChI=1S/C30H45N3O3/c1-3-36-30(35)28-29(34)33(27-20-14-13-19-26(27)31-28)23(2)22-25-18-15-21-32(25)24-16-11-9-7-5-4-6-8-10-12-17-24/h13-14,19-20,23-25H,3-12,15-18,21-22H2,1-2H3. The molecule has 0 radical (unpaired) electrons. The minimum atomic E-state index is -0.634. The highest BCUT2D eigenvalue weighted by Crippen LogP contribution is 2.32. The first-order chi connectivity index (χ1) is 17.6. The summed E-state index contributed by atoms with van der Waals surface area (Å²) >= 11 is 0. The Balaban J connectivity index is 1.55. The van der Waals surface area contributed by atoms with Crippen molar-refractivity contribution in [2.75, 3.05) is 13.2 Å². The van der Waals surface area contributed by atoms with Crippen LogP contribution in [0.3, 0.4) is 0 Å². The smallest absolute Gasteiger partial charge is 0.362 e. The van der Waals surface area contributed by atoms with Crippen molar-refractivity contribution in [3.05, 3.63) is 40.3 Å². The minimum Gasteiger partial charge on any atom is -0.461 e. The zero-order valence-electron chi connectivity index (χ0n) is 22.4. The molecule has 6 nitrogen and oxygen atoms in total. The molecule has 1 saturated heterocycles. The topological polar surface area (TPSA) is 64.4 Å². The summed E-state index contributed by atoms with van der Waals surface area (Å²) in [7, 11) is 0. The van der Waals surface area contributed by atoms with Crippen molar-refractivity contribution in [2.24, 2.45) is 0 Å². The summed E-state index contributed by atoms with van der Waals surface area (Å²) in [6.45, 7) is 5.26. The summed E-state index contributed by atoms with van der Waals surface area (Å²) in [5, 5.41) is 0. The summed E-state index contributed by atoms with van der Waals surface area (Å²) in [4.78, 5) is 33.2. The third-order valence-electron chi connectivity index (χ3n) is 8.28. The zero-order valence-corrected chi connectivity index (χ0v) is 22.4. The van der Waals surface area contributed by atoms with Gasteiger partial charge in [0.1, 0.15) is 0 Å². The van der Waals surface area contributed by atoms with Gasteiger partial charge in [-0.15, -0.1) is 0 Å². The molecule has 1 aromatic carbocycles. The van der Waals surface area contributed by atoms with Crippen molar-refractivity contribution >= 4 is 17.0 Å². The van der Waals surface area contributed by atoms with E-state index in [1.54, 1.807) is 11.5 Å². The van der Waals surface area contributed by atoms with Crippen molar-refractivity contribution < 1.29 is 9.53 Å². The van der Waals surface area contributed by atoms with E-state index in [1.165, 1.54) is 90.0 Å². The molecule has 2 unspecified atom stereocenters. The second-order valence-electron chi connectivity index (χ2n) is 10.9. The first kappa shape index (κ1) is 26.8. The van der Waals surface area contributed by atoms with Gasteiger partial charge in [-0.2, -0.15) is 0 Å². The van der Waals surface area contributed by atoms with Crippen LogP contribution < -0.4 is 5.56 Å². The van der Waals surface area contributed by atoms with E-state index >= 15 is 0 Å². The number of carbonyl (C=O) groups is 1. The second kappa shape index (κ2) is 13.4. The lowest BCUT2D eigenvalue weighted by atomic mass is 9.95. The van der Waals surface area contributed by atoms with Crippen LogP contribution in [0.25, 0.3) is 11.0 Å². The van der Waals surface area contributed by atoms with Crippen LogP contribution in [0.15, 0.2) is 29.1 Å². The van der Waals surface area contributed by atoms with Crippen LogP contribution >= 0.6 is 0 Å². The lowest BCUT2D eigenvalue weighted by Gasteiger charge is -2.35. The Morgan fingerprint density at radius 1 is 0.972 bits per heavy atom. The first-order valence-corrected chi connectivity index (χ1v) is 14.5. The number of ether oxygens (including phenoxy) is 1. The van der Waals surface area contributed by atoms with Gasteiger partial charge in [-0.05, 0) is 64.6 Å². The van der Waals surface area contributed by atoms with E-state index in [4.69, 9.17) is 4.74 Å². The molecule has 2 aliphatic rings. The summed E-state index contributed by atoms with van der Waals surface area (Å²) in [5.74, 6) is -0.634. The second-order valence-corrected chi connectivity index (χ2v) is 10.9. The zero-order chi connectivity index (χ0) is 25.3. The van der Waals surface area contributed by atoms with Crippen LogP contribution in [-0.4, -0.2) is 45.7 Å². The fourth-order valence-electron chi connectivity index (χ4n) is 6.49. The number of hydrogen-bond donors (Lipinski definition) is 0. The number of esters is 1. The molecule has 2 fully saturated rings. The number of nitrogens with zero attached hydrogens (tertiary/aromatic N) is 3. The van der Waals surface area contributed by atoms with Gasteiger partial charge in [-0.3, -0.25) is 9.69 Å². The molecule has 2 heterocycles. The summed E-state index contributed by atoms with van der Waals surface area (Å²) < 4.78 is 6.95. The Kier molecular flexibility index (Phi) is 9.97. The predicted octanol–water partition coefficient (Wildman–Crippen LogP) is 6.66. The number of rotatable bonds is 6. The van der Waals surface area contributed by atoms with Crippen molar-refractivity contribution in [1.82, 2.24) is 14.5 Å². The van der Waals surface area contributed by atoms with Crippen LogP contribution in [0.2, 0.25) is 0 Å². The van der Waals surface area contributed by atoms with E-state index in [-0.39, 0.29) is 23.9 Å². The average Bonchev–Trinajstić information content (AvgIpc) is 3.32. The third kappa shape index (κ3) is 6.56. The van der Waals surface area contributed by atoms with E-state index in [1.807, 2.05) is 24.3 Å². The maximum Gasteiger partial charge on any atom is 0.362 e. The van der Waals surface area contributed by atoms with E-state index in [0.29, 0.717) is 17.6 Å². The molecule has 0 N–H and O–H groups in total. The molecule has 0 spiro atoms. The molecule has 198 valence electrons. The number of aromatic nitrogens is 2. The summed E-state index contributed by atoms with van der Waals surface area (Å²) in [6.07, 6.45) is 18.3. The molecule has 2 aromatic rings. The van der Waals surface area contributed by atoms with Crippen molar-refractivity contribution in [3.8, 4) is 0 Å². The third-order valence-corrected chi connectivity index (χ3v) is 8.28. The summed E-state index contributed by atoms with van der Waals surface area (Å²) in [6, 6.07) is 8.74. The van der Waals surface area contributed by atoms with E-state index < -0.39 is 5.97 Å². The van der Waals surface area contributed by atoms with Gasteiger partial charge >= 0.3 is 5.97 Å². The number of fused-ring (bicyclic) bond motifs is 1. The van der Waals surface area contributed by atoms with Crippen LogP contribution in [0.5, 0.6) is 0 Å². The highest BCUT2D eigenvalue weighted by atomic mass is 16.5. The lowest BCUT2D eigenvalue weighted by Crippen LogP contribution is -2.41. The highest BCUT2D eigenvalue weighted by molar-refractivity contribution is 5.89. The molecule has 1 aromatic heterocycles. The maximum atomic E-state index is 13.5. The molecule has 0 amide bonds. The Hall–Kier alpha value is -2.21. The number of carbonyl (C=O) groups excluding carboxylic acids is 1. The van der Waals surface area contributed by atoms with Gasteiger partial charge in [0.2, 0.25) is 5.69 Å². The van der Waals surface area contributed by atoms with Gasteiger partial charge in [-0.1, -0.05) is 69.9 Å². The fraction of sp³-hybridized carbons (Fsp3) is 0.700. The molecular weight excluding hydrogens is 450 g/mol. The summed E-state index contributed by atoms with van der Waals surface area (Å²) in [5.41, 5.74) is 1.01. The van der Waals surface area contributed by atoms with Gasteiger partial charge < -0.3 is 9.30 Å². The van der Waals surface area contributed by atoms with Gasteiger partial charge in [0.05, 0.1) is 17.6 Å². The number of para-hydroxylation sites is 2. The van der Waals surface area contributed by atoms with Crippen molar-refractivity contribution in [1.29, 1.82) is 0 Å². The van der Waals surface area contributed by atoms with Crippen LogP contribution in [0.4, 0.5) is 0 Å². The Morgan fingerprint density at radius 2 is 1.61 bits per heavy atom. The molecular formula is C30H45N3O3. The molecule has 0 bridgehead atoms. The molecule has 2 atom stereocenters. The van der Waals surface area contributed by atoms with Gasteiger partial charge in [0.25, 0.3) is 5.56 Å². The van der Waals surface area contributed by atoms with Crippen molar-refractivity contribution in [3.63, 3.8) is 0 Å². The van der Waals surface area contributed by atoms with E-state index in [0.717, 1.165) is 11.9 Å². The normalized spacial score (nSPS) is 22.1. The highest BCUT2D eigenvalue weighted by Gasteiger charge is 2.32. The molecule has 36 heavy (non-hydrogen) atoms. The van der Waals surface area contributed by atoms with E-state index in [9.17, 15) is 9.59 Å². The van der Waals surface area contributed by atoms with Crippen LogP contribution in [-0.2, 0) is 4.74 Å². The SMILES string of the molecule is CCOC(=O)c1nc2ccccc2n(C(C)CC2CCCN2C2CCCCCCCCCCC2)c1=O. The number of hydrogen-bond acceptors (Lipinski definition) is 5. The average molecular weight is 496 g/mol. The largest absolute Gasteiger partial charge is 0.461 e. The van der Waals surface area contributed by atoms with Gasteiger partial charge in [-0.25, -0.2) is 9.78 Å². The Bertz CT molecular complexity index is 1040. The fourth-order valence-corrected chi connectivity index (χ4v) is 6.49. The van der Waals surface area contributed by atoms with Crippen LogP contribution in [0.1, 0.15) is 120 Å². The molecule has 6 heteroatoms.